The molecular weight excluding hydrogens is 730 g/mol. The molecule has 1 amide bonds. The first-order chi connectivity index (χ1) is 25.4. The molecule has 3 heterocycles. The molecule has 0 aromatic heterocycles. The summed E-state index contributed by atoms with van der Waals surface area (Å²) in [5.41, 5.74) is 10.6. The Balaban J connectivity index is 1.11. The molecule has 1 N–H and O–H groups in total. The quantitative estimate of drug-likeness (QED) is 0.151. The van der Waals surface area contributed by atoms with Crippen LogP contribution in [0.2, 0.25) is 0 Å². The van der Waals surface area contributed by atoms with Crippen LogP contribution in [0.25, 0.3) is 6.08 Å². The number of thioether (sulfide) groups is 1. The molecule has 5 aromatic carbocycles. The van der Waals surface area contributed by atoms with Crippen LogP contribution in [0, 0.1) is 6.92 Å². The Morgan fingerprint density at radius 1 is 0.865 bits per heavy atom. The van der Waals surface area contributed by atoms with E-state index in [1.54, 1.807) is 0 Å². The van der Waals surface area contributed by atoms with E-state index in [0.29, 0.717) is 34.8 Å². The highest BCUT2D eigenvalue weighted by Crippen LogP contribution is 2.50. The van der Waals surface area contributed by atoms with Crippen LogP contribution in [0.4, 0.5) is 11.4 Å². The van der Waals surface area contributed by atoms with Gasteiger partial charge in [0.05, 0.1) is 21.7 Å². The number of aliphatic imine (C=N–C) groups is 1. The molecule has 2 atom stereocenters. The predicted octanol–water partition coefficient (Wildman–Crippen LogP) is 10.5. The molecule has 0 spiro atoms. The fourth-order valence-electron chi connectivity index (χ4n) is 7.57. The number of hydrogen-bond acceptors (Lipinski definition) is 6. The monoisotopic (exact) mass is 769 g/mol. The molecule has 1 saturated heterocycles. The molecule has 0 unspecified atom stereocenters. The zero-order valence-corrected chi connectivity index (χ0v) is 31.7. The fourth-order valence-corrected chi connectivity index (χ4v) is 8.98. The van der Waals surface area contributed by atoms with E-state index in [1.807, 2.05) is 25.1 Å². The van der Waals surface area contributed by atoms with Crippen molar-refractivity contribution in [2.24, 2.45) is 4.99 Å². The summed E-state index contributed by atoms with van der Waals surface area (Å²) < 4.78 is 13.0. The Kier molecular flexibility index (Phi) is 9.93. The van der Waals surface area contributed by atoms with Gasteiger partial charge in [-0.05, 0) is 118 Å². The number of rotatable bonds is 9. The third-order valence-electron chi connectivity index (χ3n) is 10.0. The van der Waals surface area contributed by atoms with E-state index in [1.165, 1.54) is 45.3 Å². The van der Waals surface area contributed by atoms with Gasteiger partial charge in [-0.25, -0.2) is 4.99 Å². The molecule has 52 heavy (non-hydrogen) atoms. The van der Waals surface area contributed by atoms with Crippen molar-refractivity contribution < 1.29 is 14.3 Å². The van der Waals surface area contributed by atoms with E-state index >= 15 is 0 Å². The minimum Gasteiger partial charge on any atom is -0.490 e. The Bertz CT molecular complexity index is 2100. The summed E-state index contributed by atoms with van der Waals surface area (Å²) in [6.45, 7) is 6.99. The highest BCUT2D eigenvalue weighted by Gasteiger charge is 2.35. The van der Waals surface area contributed by atoms with Crippen molar-refractivity contribution in [1.29, 1.82) is 0 Å². The number of amidine groups is 1. The molecule has 3 aliphatic heterocycles. The third-order valence-corrected chi connectivity index (χ3v) is 11.5. The standard InChI is InChI=1S/C44H40BrN3O3S/c1-3-50-39-23-30(22-38(45)42(39)51-27-29-16-14-28(2)15-17-29)24-40-43(49)47-44(52-40)46-33-25-36-34(31-10-6-4-7-11-31)18-20-48-21-19-35(37(26-33)41(36)48)32-12-8-5-9-13-32/h4-17,22-26,34-35H,3,18-21,27H2,1-2H3,(H,46,47,49)/b40-24-/t34-,35-/m0/s1. The fraction of sp³-hybridized carbons (Fsp3) is 0.227. The second-order valence-corrected chi connectivity index (χ2v) is 15.4. The van der Waals surface area contributed by atoms with Crippen molar-refractivity contribution in [2.75, 3.05) is 24.6 Å². The highest BCUT2D eigenvalue weighted by molar-refractivity contribution is 9.10. The SMILES string of the molecule is CCOc1cc(/C=C2\SC(=Nc3cc4c5c(c3)[C@H](c3ccccc3)CCN5CC[C@H]4c3ccccc3)NC2=O)cc(Br)c1OCc1ccc(C)cc1. The van der Waals surface area contributed by atoms with E-state index in [0.717, 1.165) is 47.2 Å². The summed E-state index contributed by atoms with van der Waals surface area (Å²) in [7, 11) is 0. The molecule has 0 aliphatic carbocycles. The number of nitrogens with one attached hydrogen (secondary N) is 1. The Morgan fingerprint density at radius 3 is 2.12 bits per heavy atom. The van der Waals surface area contributed by atoms with E-state index in [4.69, 9.17) is 14.5 Å². The van der Waals surface area contributed by atoms with Crippen molar-refractivity contribution in [1.82, 2.24) is 5.32 Å². The molecule has 0 bridgehead atoms. The number of carbonyl (C=O) groups is 1. The lowest BCUT2D eigenvalue weighted by Crippen LogP contribution is -2.37. The lowest BCUT2D eigenvalue weighted by molar-refractivity contribution is -0.115. The number of hydrogen-bond donors (Lipinski definition) is 1. The van der Waals surface area contributed by atoms with Crippen LogP contribution in [-0.2, 0) is 11.4 Å². The number of aryl methyl sites for hydroxylation is 1. The Morgan fingerprint density at radius 2 is 1.50 bits per heavy atom. The Hall–Kier alpha value is -4.79. The van der Waals surface area contributed by atoms with Crippen LogP contribution in [-0.4, -0.2) is 30.8 Å². The van der Waals surface area contributed by atoms with Gasteiger partial charge in [0.2, 0.25) is 0 Å². The predicted molar refractivity (Wildman–Crippen MR) is 216 cm³/mol. The lowest BCUT2D eigenvalue weighted by Gasteiger charge is -2.43. The normalized spacial score (nSPS) is 19.4. The highest BCUT2D eigenvalue weighted by atomic mass is 79.9. The first-order valence-corrected chi connectivity index (χ1v) is 19.5. The maximum atomic E-state index is 13.4. The molecule has 1 fully saturated rings. The van der Waals surface area contributed by atoms with Gasteiger partial charge in [-0.2, -0.15) is 0 Å². The van der Waals surface area contributed by atoms with Gasteiger partial charge in [0.25, 0.3) is 5.91 Å². The van der Waals surface area contributed by atoms with Gasteiger partial charge in [0.15, 0.2) is 16.7 Å². The molecule has 8 heteroatoms. The number of halogens is 1. The summed E-state index contributed by atoms with van der Waals surface area (Å²) in [4.78, 5) is 21.6. The van der Waals surface area contributed by atoms with Crippen molar-refractivity contribution in [3.05, 3.63) is 158 Å². The summed E-state index contributed by atoms with van der Waals surface area (Å²) in [6.07, 6.45) is 3.99. The molecule has 5 aromatic rings. The minimum absolute atomic E-state index is 0.174. The zero-order chi connectivity index (χ0) is 35.6. The molecule has 0 saturated carbocycles. The van der Waals surface area contributed by atoms with E-state index in [-0.39, 0.29) is 17.7 Å². The number of benzene rings is 5. The van der Waals surface area contributed by atoms with Crippen molar-refractivity contribution in [3.63, 3.8) is 0 Å². The number of ether oxygens (including phenoxy) is 2. The van der Waals surface area contributed by atoms with Gasteiger partial charge in [0.1, 0.15) is 6.61 Å². The topological polar surface area (TPSA) is 63.2 Å². The van der Waals surface area contributed by atoms with Crippen LogP contribution < -0.4 is 19.7 Å². The van der Waals surface area contributed by atoms with Gasteiger partial charge >= 0.3 is 0 Å². The number of anilines is 1. The van der Waals surface area contributed by atoms with Gasteiger partial charge in [-0.15, -0.1) is 0 Å². The number of carbonyl (C=O) groups excluding carboxylic acids is 1. The summed E-state index contributed by atoms with van der Waals surface area (Å²) in [5.74, 6) is 1.64. The van der Waals surface area contributed by atoms with Gasteiger partial charge in [0, 0.05) is 30.6 Å². The Labute approximate surface area is 318 Å². The zero-order valence-electron chi connectivity index (χ0n) is 29.3. The minimum atomic E-state index is -0.174. The van der Waals surface area contributed by atoms with E-state index in [2.05, 4.69) is 130 Å². The smallest absolute Gasteiger partial charge is 0.264 e. The van der Waals surface area contributed by atoms with E-state index in [9.17, 15) is 4.79 Å². The summed E-state index contributed by atoms with van der Waals surface area (Å²) >= 11 is 5.06. The van der Waals surface area contributed by atoms with Crippen LogP contribution in [0.3, 0.4) is 0 Å². The molecule has 0 radical (unpaired) electrons. The molecule has 6 nitrogen and oxygen atoms in total. The third kappa shape index (κ3) is 7.14. The van der Waals surface area contributed by atoms with Gasteiger partial charge in [-0.3, -0.25) is 4.79 Å². The first kappa shape index (κ1) is 34.3. The maximum Gasteiger partial charge on any atom is 0.264 e. The average Bonchev–Trinajstić information content (AvgIpc) is 3.50. The van der Waals surface area contributed by atoms with Crippen LogP contribution in [0.1, 0.15) is 70.5 Å². The first-order valence-electron chi connectivity index (χ1n) is 17.9. The molecule has 3 aliphatic rings. The average molecular weight is 771 g/mol. The molecule has 8 rings (SSSR count). The number of amides is 1. The van der Waals surface area contributed by atoms with Crippen LogP contribution >= 0.6 is 27.7 Å². The van der Waals surface area contributed by atoms with Crippen molar-refractivity contribution in [3.8, 4) is 11.5 Å². The summed E-state index contributed by atoms with van der Waals surface area (Å²) in [6, 6.07) is 38.3. The maximum absolute atomic E-state index is 13.4. The largest absolute Gasteiger partial charge is 0.490 e. The number of nitrogens with zero attached hydrogens (tertiary/aromatic N) is 2. The van der Waals surface area contributed by atoms with Crippen molar-refractivity contribution in [2.45, 2.75) is 45.1 Å². The van der Waals surface area contributed by atoms with Crippen molar-refractivity contribution >= 4 is 56.2 Å². The van der Waals surface area contributed by atoms with Gasteiger partial charge < -0.3 is 19.7 Å². The molecular formula is C44H40BrN3O3S. The second-order valence-electron chi connectivity index (χ2n) is 13.5. The van der Waals surface area contributed by atoms with Crippen LogP contribution in [0.15, 0.2) is 124 Å². The second kappa shape index (κ2) is 15.1. The lowest BCUT2D eigenvalue weighted by atomic mass is 9.76. The van der Waals surface area contributed by atoms with E-state index < -0.39 is 0 Å². The summed E-state index contributed by atoms with van der Waals surface area (Å²) in [5, 5.41) is 3.61. The van der Waals surface area contributed by atoms with Gasteiger partial charge in [-0.1, -0.05) is 90.5 Å². The van der Waals surface area contributed by atoms with Crippen LogP contribution in [0.5, 0.6) is 11.5 Å². The molecule has 262 valence electrons.